The fraction of sp³-hybridized carbons (Fsp3) is 0.344. The van der Waals surface area contributed by atoms with E-state index in [1.807, 2.05) is 75.4 Å². The number of benzene rings is 3. The molecule has 3 aromatic rings. The number of amides is 1. The summed E-state index contributed by atoms with van der Waals surface area (Å²) in [4.78, 5) is 47.9. The van der Waals surface area contributed by atoms with Gasteiger partial charge in [-0.25, -0.2) is 4.79 Å². The lowest BCUT2D eigenvalue weighted by molar-refractivity contribution is -0.153. The van der Waals surface area contributed by atoms with Gasteiger partial charge in [-0.1, -0.05) is 63.2 Å². The van der Waals surface area contributed by atoms with Crippen molar-refractivity contribution in [1.29, 1.82) is 0 Å². The summed E-state index contributed by atoms with van der Waals surface area (Å²) in [6.07, 6.45) is 1.13. The van der Waals surface area contributed by atoms with E-state index in [-0.39, 0.29) is 5.92 Å². The Morgan fingerprint density at radius 3 is 1.98 bits per heavy atom. The van der Waals surface area contributed by atoms with Crippen molar-refractivity contribution in [3.05, 3.63) is 78.9 Å². The number of para-hydroxylation sites is 1. The fourth-order valence-corrected chi connectivity index (χ4v) is 6.20. The molecule has 0 saturated carbocycles. The number of hydrogen-bond acceptors (Lipinski definition) is 7. The zero-order valence-corrected chi connectivity index (χ0v) is 25.4. The SMILES string of the molecule is CCC[P+]([O-])=C(C(C)C)[C@H](NOc1ccccc1)C(=O)N(c1ccc(-c2ccc(OC)cc2)cc1)[C@@H](C)C(=O)OC. The van der Waals surface area contributed by atoms with Crippen LogP contribution >= 0.6 is 7.77 Å². The summed E-state index contributed by atoms with van der Waals surface area (Å²) < 4.78 is 10.3. The first-order chi connectivity index (χ1) is 19.7. The van der Waals surface area contributed by atoms with Crippen LogP contribution in [0, 0.1) is 5.92 Å². The third-order valence-corrected chi connectivity index (χ3v) is 8.83. The molecule has 0 bridgehead atoms. The Balaban J connectivity index is 2.06. The highest BCUT2D eigenvalue weighted by molar-refractivity contribution is 7.52. The Hall–Kier alpha value is -3.71. The fourth-order valence-electron chi connectivity index (χ4n) is 4.51. The zero-order chi connectivity index (χ0) is 29.9. The summed E-state index contributed by atoms with van der Waals surface area (Å²) in [6, 6.07) is 21.9. The van der Waals surface area contributed by atoms with Crippen molar-refractivity contribution in [3.8, 4) is 22.6 Å². The summed E-state index contributed by atoms with van der Waals surface area (Å²) in [7, 11) is 1.04. The number of nitrogens with zero attached hydrogens (tertiary/aromatic N) is 1. The van der Waals surface area contributed by atoms with Gasteiger partial charge < -0.3 is 19.2 Å². The molecule has 0 spiro atoms. The van der Waals surface area contributed by atoms with E-state index >= 15 is 0 Å². The summed E-state index contributed by atoms with van der Waals surface area (Å²) in [5.41, 5.74) is 5.28. The number of carbonyl (C=O) groups is 2. The Morgan fingerprint density at radius 2 is 1.46 bits per heavy atom. The van der Waals surface area contributed by atoms with E-state index < -0.39 is 31.7 Å². The van der Waals surface area contributed by atoms with Crippen molar-refractivity contribution in [3.63, 3.8) is 0 Å². The van der Waals surface area contributed by atoms with Crippen LogP contribution in [-0.4, -0.2) is 49.6 Å². The van der Waals surface area contributed by atoms with Gasteiger partial charge in [0.15, 0.2) is 6.04 Å². The molecule has 0 saturated heterocycles. The van der Waals surface area contributed by atoms with Crippen molar-refractivity contribution in [1.82, 2.24) is 5.48 Å². The topological polar surface area (TPSA) is 100 Å². The zero-order valence-electron chi connectivity index (χ0n) is 24.5. The highest BCUT2D eigenvalue weighted by Crippen LogP contribution is 2.29. The molecule has 3 aromatic carbocycles. The monoisotopic (exact) mass is 578 g/mol. The lowest BCUT2D eigenvalue weighted by atomic mass is 10.0. The van der Waals surface area contributed by atoms with Gasteiger partial charge in [-0.2, -0.15) is 0 Å². The molecular formula is C32H39N2O6P. The molecule has 0 fully saturated rings. The van der Waals surface area contributed by atoms with E-state index in [4.69, 9.17) is 14.3 Å². The lowest BCUT2D eigenvalue weighted by Gasteiger charge is -2.32. The van der Waals surface area contributed by atoms with Gasteiger partial charge in [0.25, 0.3) is 5.91 Å². The van der Waals surface area contributed by atoms with Gasteiger partial charge in [-0.3, -0.25) is 9.69 Å². The molecule has 0 aliphatic rings. The van der Waals surface area contributed by atoms with Crippen LogP contribution < -0.4 is 24.8 Å². The van der Waals surface area contributed by atoms with E-state index in [1.165, 1.54) is 12.0 Å². The molecule has 0 heterocycles. The normalized spacial score (nSPS) is 13.2. The summed E-state index contributed by atoms with van der Waals surface area (Å²) >= 11 is 0. The Morgan fingerprint density at radius 1 is 0.878 bits per heavy atom. The third kappa shape index (κ3) is 8.17. The van der Waals surface area contributed by atoms with Gasteiger partial charge >= 0.3 is 5.97 Å². The minimum Gasteiger partial charge on any atom is -0.630 e. The second kappa shape index (κ2) is 15.3. The van der Waals surface area contributed by atoms with Gasteiger partial charge in [0.05, 0.1) is 22.0 Å². The first kappa shape index (κ1) is 31.8. The Bertz CT molecular complexity index is 1310. The van der Waals surface area contributed by atoms with Crippen molar-refractivity contribution >= 4 is 30.6 Å². The van der Waals surface area contributed by atoms with Crippen LogP contribution in [0.4, 0.5) is 5.69 Å². The molecule has 41 heavy (non-hydrogen) atoms. The van der Waals surface area contributed by atoms with Gasteiger partial charge in [-0.15, -0.1) is 5.48 Å². The molecule has 8 nitrogen and oxygen atoms in total. The van der Waals surface area contributed by atoms with Crippen molar-refractivity contribution in [2.45, 2.75) is 46.2 Å². The smallest absolute Gasteiger partial charge is 0.328 e. The van der Waals surface area contributed by atoms with Crippen LogP contribution in [-0.2, 0) is 14.3 Å². The van der Waals surface area contributed by atoms with Crippen molar-refractivity contribution < 1.29 is 28.8 Å². The molecule has 3 atom stereocenters. The highest BCUT2D eigenvalue weighted by Gasteiger charge is 2.39. The molecule has 0 radical (unpaired) electrons. The molecule has 0 aliphatic heterocycles. The van der Waals surface area contributed by atoms with Crippen molar-refractivity contribution in [2.24, 2.45) is 5.92 Å². The maximum absolute atomic E-state index is 14.4. The highest BCUT2D eigenvalue weighted by atomic mass is 31.1. The molecule has 218 valence electrons. The second-order valence-electron chi connectivity index (χ2n) is 9.83. The summed E-state index contributed by atoms with van der Waals surface area (Å²) in [5, 5.41) is 0.527. The summed E-state index contributed by atoms with van der Waals surface area (Å²) in [6.45, 7) is 7.37. The number of anilines is 1. The third-order valence-electron chi connectivity index (χ3n) is 6.62. The largest absolute Gasteiger partial charge is 0.630 e. The number of ether oxygens (including phenoxy) is 2. The molecule has 0 aromatic heterocycles. The van der Waals surface area contributed by atoms with Gasteiger partial charge in [0.1, 0.15) is 29.0 Å². The maximum atomic E-state index is 14.4. The van der Waals surface area contributed by atoms with Crippen LogP contribution in [0.1, 0.15) is 34.1 Å². The average Bonchev–Trinajstić information content (AvgIpc) is 2.99. The van der Waals surface area contributed by atoms with Crippen molar-refractivity contribution in [2.75, 3.05) is 25.3 Å². The van der Waals surface area contributed by atoms with Crippen LogP contribution in [0.3, 0.4) is 0 Å². The average molecular weight is 579 g/mol. The first-order valence-corrected chi connectivity index (χ1v) is 15.1. The second-order valence-corrected chi connectivity index (χ2v) is 11.6. The first-order valence-electron chi connectivity index (χ1n) is 13.7. The minimum atomic E-state index is -1.86. The lowest BCUT2D eigenvalue weighted by Crippen LogP contribution is -2.57. The van der Waals surface area contributed by atoms with E-state index in [0.717, 1.165) is 16.9 Å². The number of carbonyl (C=O) groups excluding carboxylic acids is 2. The number of methoxy groups -OCH3 is 2. The van der Waals surface area contributed by atoms with Crippen LogP contribution in [0.2, 0.25) is 0 Å². The molecule has 9 heteroatoms. The van der Waals surface area contributed by atoms with E-state index in [9.17, 15) is 14.5 Å². The van der Waals surface area contributed by atoms with Crippen LogP contribution in [0.25, 0.3) is 11.1 Å². The van der Waals surface area contributed by atoms with E-state index in [2.05, 4.69) is 5.48 Å². The standard InChI is InChI=1S/C32H39N2O6P/c1-7-21-41(37)30(22(2)3)29(33-40-28-11-9-8-10-12-28)31(35)34(23(4)32(36)39-6)26-17-13-24(14-18-26)25-15-19-27(38-5)20-16-25/h8-20,22-23,29,33H,7,21H2,1-6H3/t23-,29-/m0/s1. The Kier molecular flexibility index (Phi) is 11.9. The predicted molar refractivity (Wildman–Crippen MR) is 163 cm³/mol. The molecule has 3 rings (SSSR count). The maximum Gasteiger partial charge on any atom is 0.328 e. The number of hydroxylamine groups is 1. The number of hydrogen-bond donors (Lipinski definition) is 1. The predicted octanol–water partition coefficient (Wildman–Crippen LogP) is 5.20. The molecular weight excluding hydrogens is 539 g/mol. The number of rotatable bonds is 13. The van der Waals surface area contributed by atoms with E-state index in [0.29, 0.717) is 29.3 Å². The van der Waals surface area contributed by atoms with Crippen LogP contribution in [0.15, 0.2) is 78.9 Å². The molecule has 1 unspecified atom stereocenters. The molecule has 1 amide bonds. The minimum absolute atomic E-state index is 0.196. The molecule has 0 aliphatic carbocycles. The Labute approximate surface area is 243 Å². The van der Waals surface area contributed by atoms with E-state index in [1.54, 1.807) is 38.3 Å². The summed E-state index contributed by atoms with van der Waals surface area (Å²) in [5.74, 6) is 0.00158. The molecule has 1 N–H and O–H groups in total. The quantitative estimate of drug-likeness (QED) is 0.169. The van der Waals surface area contributed by atoms with Gasteiger partial charge in [-0.05, 0) is 60.9 Å². The van der Waals surface area contributed by atoms with Gasteiger partial charge in [0.2, 0.25) is 0 Å². The van der Waals surface area contributed by atoms with Gasteiger partial charge in [0, 0.05) is 11.6 Å². The number of nitrogens with one attached hydrogen (secondary N) is 1. The van der Waals surface area contributed by atoms with Crippen LogP contribution in [0.5, 0.6) is 11.5 Å². The number of esters is 1.